The van der Waals surface area contributed by atoms with Gasteiger partial charge in [-0.05, 0) is 30.7 Å². The summed E-state index contributed by atoms with van der Waals surface area (Å²) in [5, 5.41) is 10.9. The van der Waals surface area contributed by atoms with Crippen molar-refractivity contribution in [3.63, 3.8) is 0 Å². The minimum Gasteiger partial charge on any atom is -0.386 e. The van der Waals surface area contributed by atoms with Crippen molar-refractivity contribution in [2.45, 2.75) is 13.5 Å². The van der Waals surface area contributed by atoms with Crippen LogP contribution in [0.3, 0.4) is 0 Å². The van der Waals surface area contributed by atoms with E-state index in [0.717, 1.165) is 0 Å². The molecular weight excluding hydrogens is 300 g/mol. The van der Waals surface area contributed by atoms with Crippen LogP contribution in [-0.2, 0) is 11.3 Å². The summed E-state index contributed by atoms with van der Waals surface area (Å²) in [7, 11) is 0. The lowest BCUT2D eigenvalue weighted by Gasteiger charge is -2.10. The number of benzene rings is 2. The van der Waals surface area contributed by atoms with Crippen LogP contribution < -0.4 is 5.73 Å². The molecule has 23 heavy (non-hydrogen) atoms. The number of hydrogen-bond donors (Lipinski definition) is 1. The Kier molecular flexibility index (Phi) is 4.82. The lowest BCUT2D eigenvalue weighted by molar-refractivity contribution is -0.385. The Labute approximate surface area is 131 Å². The maximum absolute atomic E-state index is 12.2. The molecular formula is C16H14N2O5. The Balaban J connectivity index is 2.31. The Morgan fingerprint density at radius 3 is 2.35 bits per heavy atom. The number of esters is 2. The Morgan fingerprint density at radius 1 is 1.13 bits per heavy atom. The van der Waals surface area contributed by atoms with E-state index in [1.807, 2.05) is 0 Å². The zero-order chi connectivity index (χ0) is 17.0. The highest BCUT2D eigenvalue weighted by atomic mass is 16.6. The first-order chi connectivity index (χ1) is 11.0. The van der Waals surface area contributed by atoms with Gasteiger partial charge < -0.3 is 10.5 Å². The molecule has 0 aliphatic rings. The average Bonchev–Trinajstić information content (AvgIpc) is 2.54. The molecule has 0 aromatic heterocycles. The number of rotatable bonds is 4. The summed E-state index contributed by atoms with van der Waals surface area (Å²) >= 11 is 0. The summed E-state index contributed by atoms with van der Waals surface area (Å²) in [6.45, 7) is 1.41. The van der Waals surface area contributed by atoms with E-state index in [4.69, 9.17) is 10.5 Å². The molecule has 0 saturated heterocycles. The molecule has 2 rings (SSSR count). The highest BCUT2D eigenvalue weighted by molar-refractivity contribution is 6.03. The molecule has 0 atom stereocenters. The van der Waals surface area contributed by atoms with E-state index in [-0.39, 0.29) is 34.5 Å². The van der Waals surface area contributed by atoms with E-state index in [2.05, 4.69) is 0 Å². The molecule has 0 aliphatic heterocycles. The Bertz CT molecular complexity index is 772. The first-order valence-corrected chi connectivity index (χ1v) is 6.74. The molecule has 2 aromatic rings. The summed E-state index contributed by atoms with van der Waals surface area (Å²) in [6, 6.07) is 10.5. The van der Waals surface area contributed by atoms with Gasteiger partial charge in [0.2, 0.25) is 0 Å². The van der Waals surface area contributed by atoms with Crippen molar-refractivity contribution in [1.29, 1.82) is 0 Å². The minimum absolute atomic E-state index is 0.0416. The van der Waals surface area contributed by atoms with Gasteiger partial charge in [-0.3, -0.25) is 10.1 Å². The normalized spacial score (nSPS) is 10.2. The molecule has 0 bridgehead atoms. The van der Waals surface area contributed by atoms with Crippen LogP contribution in [0.1, 0.15) is 31.8 Å². The van der Waals surface area contributed by atoms with E-state index < -0.39 is 16.9 Å². The number of carbonyl (C=O) groups is 2. The third-order valence-electron chi connectivity index (χ3n) is 3.39. The predicted molar refractivity (Wildman–Crippen MR) is 81.9 cm³/mol. The minimum atomic E-state index is -0.891. The quantitative estimate of drug-likeness (QED) is 0.401. The zero-order valence-electron chi connectivity index (χ0n) is 12.3. The Morgan fingerprint density at radius 2 is 1.78 bits per heavy atom. The summed E-state index contributed by atoms with van der Waals surface area (Å²) in [4.78, 5) is 34.5. The average molecular weight is 314 g/mol. The topological polar surface area (TPSA) is 113 Å². The molecule has 0 radical (unpaired) electrons. The van der Waals surface area contributed by atoms with E-state index in [1.165, 1.54) is 31.2 Å². The first-order valence-electron chi connectivity index (χ1n) is 6.74. The van der Waals surface area contributed by atoms with Crippen LogP contribution in [0, 0.1) is 17.0 Å². The van der Waals surface area contributed by atoms with Crippen LogP contribution in [0.15, 0.2) is 42.5 Å². The monoisotopic (exact) mass is 314 g/mol. The van der Waals surface area contributed by atoms with Crippen molar-refractivity contribution in [2.24, 2.45) is 5.73 Å². The summed E-state index contributed by atoms with van der Waals surface area (Å²) in [5.74, 6) is -1.69. The summed E-state index contributed by atoms with van der Waals surface area (Å²) < 4.78 is 4.82. The first kappa shape index (κ1) is 16.3. The molecule has 0 unspecified atom stereocenters. The second kappa shape index (κ2) is 6.80. The fourth-order valence-corrected chi connectivity index (χ4v) is 2.17. The van der Waals surface area contributed by atoms with E-state index in [9.17, 15) is 19.7 Å². The predicted octanol–water partition coefficient (Wildman–Crippen LogP) is 2.36. The molecule has 7 heteroatoms. The molecule has 0 aliphatic carbocycles. The van der Waals surface area contributed by atoms with Crippen LogP contribution >= 0.6 is 0 Å². The third kappa shape index (κ3) is 3.41. The Hall–Kier alpha value is -3.06. The van der Waals surface area contributed by atoms with Gasteiger partial charge in [-0.25, -0.2) is 9.59 Å². The highest BCUT2D eigenvalue weighted by Crippen LogP contribution is 2.25. The maximum atomic E-state index is 12.2. The van der Waals surface area contributed by atoms with E-state index in [1.54, 1.807) is 18.2 Å². The molecule has 0 amide bonds. The van der Waals surface area contributed by atoms with Crippen molar-refractivity contribution < 1.29 is 19.2 Å². The van der Waals surface area contributed by atoms with Gasteiger partial charge >= 0.3 is 11.9 Å². The molecule has 0 fully saturated rings. The molecule has 2 N–H and O–H groups in total. The lowest BCUT2D eigenvalue weighted by Crippen LogP contribution is -2.17. The van der Waals surface area contributed by atoms with Gasteiger partial charge in [0.05, 0.1) is 16.1 Å². The van der Waals surface area contributed by atoms with Crippen molar-refractivity contribution in [3.8, 4) is 0 Å². The van der Waals surface area contributed by atoms with Gasteiger partial charge in [-0.1, -0.05) is 18.2 Å². The van der Waals surface area contributed by atoms with Crippen LogP contribution in [-0.4, -0.2) is 16.9 Å². The number of nitrogens with two attached hydrogens (primary N) is 1. The molecule has 118 valence electrons. The van der Waals surface area contributed by atoms with Crippen LogP contribution in [0.5, 0.6) is 0 Å². The van der Waals surface area contributed by atoms with Gasteiger partial charge in [-0.15, -0.1) is 0 Å². The number of nitrogens with zero attached hydrogens (tertiary/aromatic N) is 1. The fourth-order valence-electron chi connectivity index (χ4n) is 2.17. The molecule has 0 heterocycles. The fraction of sp³-hybridized carbons (Fsp3) is 0.125. The van der Waals surface area contributed by atoms with Crippen LogP contribution in [0.2, 0.25) is 0 Å². The van der Waals surface area contributed by atoms with Crippen molar-refractivity contribution >= 4 is 17.6 Å². The van der Waals surface area contributed by atoms with Gasteiger partial charge in [0.25, 0.3) is 5.69 Å². The number of hydrogen-bond acceptors (Lipinski definition) is 6. The smallest absolute Gasteiger partial charge is 0.346 e. The third-order valence-corrected chi connectivity index (χ3v) is 3.39. The van der Waals surface area contributed by atoms with Gasteiger partial charge in [0.15, 0.2) is 0 Å². The standard InChI is InChI=1S/C16H14N2O5/c1-10-13(9-17)12(7-8-14(10)18(21)22)16(20)23-15(19)11-5-3-2-4-6-11/h2-8H,9,17H2,1H3. The number of ether oxygens (including phenoxy) is 1. The number of nitro benzene ring substituents is 1. The number of carbonyl (C=O) groups excluding carboxylic acids is 2. The van der Waals surface area contributed by atoms with Gasteiger partial charge in [0.1, 0.15) is 0 Å². The maximum Gasteiger partial charge on any atom is 0.346 e. The largest absolute Gasteiger partial charge is 0.386 e. The van der Waals surface area contributed by atoms with Crippen LogP contribution in [0.25, 0.3) is 0 Å². The lowest BCUT2D eigenvalue weighted by atomic mass is 10.0. The van der Waals surface area contributed by atoms with Crippen molar-refractivity contribution in [3.05, 3.63) is 74.8 Å². The summed E-state index contributed by atoms with van der Waals surface area (Å²) in [5.41, 5.74) is 6.27. The van der Waals surface area contributed by atoms with Crippen molar-refractivity contribution in [2.75, 3.05) is 0 Å². The van der Waals surface area contributed by atoms with Crippen LogP contribution in [0.4, 0.5) is 5.69 Å². The molecule has 7 nitrogen and oxygen atoms in total. The van der Waals surface area contributed by atoms with E-state index in [0.29, 0.717) is 0 Å². The molecule has 2 aromatic carbocycles. The SMILES string of the molecule is Cc1c([N+](=O)[O-])ccc(C(=O)OC(=O)c2ccccc2)c1CN. The zero-order valence-corrected chi connectivity index (χ0v) is 12.3. The molecule has 0 spiro atoms. The van der Waals surface area contributed by atoms with E-state index >= 15 is 0 Å². The summed E-state index contributed by atoms with van der Waals surface area (Å²) in [6.07, 6.45) is 0. The van der Waals surface area contributed by atoms with Gasteiger partial charge in [0, 0.05) is 18.2 Å². The second-order valence-corrected chi connectivity index (χ2v) is 4.74. The highest BCUT2D eigenvalue weighted by Gasteiger charge is 2.23. The van der Waals surface area contributed by atoms with Gasteiger partial charge in [-0.2, -0.15) is 0 Å². The molecule has 0 saturated carbocycles. The van der Waals surface area contributed by atoms with Crippen molar-refractivity contribution in [1.82, 2.24) is 0 Å². The second-order valence-electron chi connectivity index (χ2n) is 4.74. The number of nitro groups is 1.